The zero-order valence-electron chi connectivity index (χ0n) is 4.46. The third kappa shape index (κ3) is 1.90. The monoisotopic (exact) mass is 152 g/mol. The van der Waals surface area contributed by atoms with Crippen molar-refractivity contribution in [2.75, 3.05) is 13.2 Å². The van der Waals surface area contributed by atoms with E-state index in [9.17, 15) is 0 Å². The van der Waals surface area contributed by atoms with Crippen molar-refractivity contribution in [3.63, 3.8) is 0 Å². The third-order valence-corrected chi connectivity index (χ3v) is 1.86. The summed E-state index contributed by atoms with van der Waals surface area (Å²) in [6.07, 6.45) is 1.36. The van der Waals surface area contributed by atoms with Gasteiger partial charge in [0.1, 0.15) is 0 Å². The van der Waals surface area contributed by atoms with Gasteiger partial charge in [0, 0.05) is 6.61 Å². The number of hydrogen-bond donors (Lipinski definition) is 1. The molecule has 0 aromatic rings. The van der Waals surface area contributed by atoms with E-state index in [-0.39, 0.29) is 0 Å². The summed E-state index contributed by atoms with van der Waals surface area (Å²) >= 11 is 3.95. The highest BCUT2D eigenvalue weighted by Crippen LogP contribution is 2.23. The van der Waals surface area contributed by atoms with Crippen LogP contribution >= 0.6 is 20.3 Å². The van der Waals surface area contributed by atoms with Crippen molar-refractivity contribution >= 4 is 20.3 Å². The molecule has 1 aliphatic heterocycles. The summed E-state index contributed by atoms with van der Waals surface area (Å²) in [5, 5.41) is 0. The second-order valence-corrected chi connectivity index (χ2v) is 2.66. The van der Waals surface area contributed by atoms with Gasteiger partial charge in [-0.15, -0.1) is 12.2 Å². The lowest BCUT2D eigenvalue weighted by atomic mass is 10.3. The van der Waals surface area contributed by atoms with Crippen LogP contribution in [-0.2, 0) is 9.26 Å². The van der Waals surface area contributed by atoms with Gasteiger partial charge in [0.15, 0.2) is 0 Å². The first-order valence-electron chi connectivity index (χ1n) is 2.56. The van der Waals surface area contributed by atoms with E-state index in [1.165, 1.54) is 0 Å². The topological polar surface area (TPSA) is 18.5 Å². The van der Waals surface area contributed by atoms with E-state index in [2.05, 4.69) is 12.2 Å². The van der Waals surface area contributed by atoms with Gasteiger partial charge < -0.3 is 9.26 Å². The Morgan fingerprint density at radius 3 is 3.12 bits per heavy atom. The first kappa shape index (κ1) is 6.81. The molecule has 0 radical (unpaired) electrons. The molecule has 1 rings (SSSR count). The van der Waals surface area contributed by atoms with Crippen LogP contribution in [0, 0.1) is 0 Å². The fourth-order valence-corrected chi connectivity index (χ4v) is 1.46. The number of ether oxygens (including phenoxy) is 1. The Kier molecular flexibility index (Phi) is 3.13. The Labute approximate surface area is 56.0 Å². The highest BCUT2D eigenvalue weighted by atomic mass is 32.7. The molecule has 0 bridgehead atoms. The lowest BCUT2D eigenvalue weighted by molar-refractivity contribution is 0.153. The highest BCUT2D eigenvalue weighted by molar-refractivity contribution is 8.36. The van der Waals surface area contributed by atoms with Crippen molar-refractivity contribution in [1.82, 2.24) is 0 Å². The zero-order valence-corrected chi connectivity index (χ0v) is 6.36. The molecule has 1 saturated heterocycles. The Hall–Kier alpha value is 0.700. The van der Waals surface area contributed by atoms with Crippen LogP contribution in [0.25, 0.3) is 0 Å². The summed E-state index contributed by atoms with van der Waals surface area (Å²) in [7, 11) is 0.306. The molecule has 1 aliphatic rings. The molecule has 0 spiro atoms. The lowest BCUT2D eigenvalue weighted by Gasteiger charge is -2.03. The second kappa shape index (κ2) is 3.67. The van der Waals surface area contributed by atoms with Crippen LogP contribution in [0.15, 0.2) is 0 Å². The van der Waals surface area contributed by atoms with Gasteiger partial charge >= 0.3 is 0 Å². The minimum atomic E-state index is 0.306. The van der Waals surface area contributed by atoms with E-state index in [4.69, 9.17) is 9.26 Å². The van der Waals surface area contributed by atoms with Gasteiger partial charge in [-0.05, 0) is 6.42 Å². The molecule has 0 amide bonds. The van der Waals surface area contributed by atoms with Crippen molar-refractivity contribution in [3.8, 4) is 0 Å². The summed E-state index contributed by atoms with van der Waals surface area (Å²) in [5.74, 6) is 0. The summed E-state index contributed by atoms with van der Waals surface area (Å²) in [5.41, 5.74) is 0. The molecule has 1 unspecified atom stereocenters. The van der Waals surface area contributed by atoms with Crippen LogP contribution in [-0.4, -0.2) is 19.3 Å². The molecular weight excluding hydrogens is 143 g/mol. The van der Waals surface area contributed by atoms with E-state index >= 15 is 0 Å². The normalized spacial score (nSPS) is 30.4. The van der Waals surface area contributed by atoms with Crippen LogP contribution in [0.1, 0.15) is 6.42 Å². The molecule has 2 atom stereocenters. The average Bonchev–Trinajstić information content (AvgIpc) is 2.19. The van der Waals surface area contributed by atoms with Crippen LogP contribution in [0.2, 0.25) is 0 Å². The predicted molar refractivity (Wildman–Crippen MR) is 37.6 cm³/mol. The number of thiol groups is 1. The van der Waals surface area contributed by atoms with Crippen molar-refractivity contribution in [3.05, 3.63) is 0 Å². The van der Waals surface area contributed by atoms with E-state index in [1.807, 2.05) is 0 Å². The van der Waals surface area contributed by atoms with Crippen LogP contribution in [0.5, 0.6) is 0 Å². The maximum Gasteiger partial charge on any atom is 0.0880 e. The maximum atomic E-state index is 5.17. The predicted octanol–water partition coefficient (Wildman–Crippen LogP) is 1.23. The molecule has 4 heteroatoms. The van der Waals surface area contributed by atoms with E-state index in [0.29, 0.717) is 14.1 Å². The lowest BCUT2D eigenvalue weighted by Crippen LogP contribution is -2.05. The van der Waals surface area contributed by atoms with Gasteiger partial charge in [-0.1, -0.05) is 0 Å². The second-order valence-electron chi connectivity index (χ2n) is 1.69. The van der Waals surface area contributed by atoms with Gasteiger partial charge in [-0.2, -0.15) is 0 Å². The molecule has 2 nitrogen and oxygen atoms in total. The average molecular weight is 152 g/mol. The van der Waals surface area contributed by atoms with Gasteiger partial charge in [-0.3, -0.25) is 0 Å². The summed E-state index contributed by atoms with van der Waals surface area (Å²) in [4.78, 5) is 0. The molecule has 1 heterocycles. The quantitative estimate of drug-likeness (QED) is 0.474. The summed E-state index contributed by atoms with van der Waals surface area (Å²) in [6, 6.07) is 0. The Balaban J connectivity index is 2.06. The summed E-state index contributed by atoms with van der Waals surface area (Å²) in [6.45, 7) is 1.61. The minimum Gasteiger partial charge on any atom is -0.379 e. The van der Waals surface area contributed by atoms with Gasteiger partial charge in [0.25, 0.3) is 0 Å². The molecule has 0 N–H and O–H groups in total. The van der Waals surface area contributed by atoms with E-state index < -0.39 is 0 Å². The van der Waals surface area contributed by atoms with Crippen LogP contribution < -0.4 is 0 Å². The maximum absolute atomic E-state index is 5.17. The molecule has 1 fully saturated rings. The zero-order chi connectivity index (χ0) is 5.82. The first-order valence-corrected chi connectivity index (χ1v) is 4.75. The Bertz CT molecular complexity index is 65.1. The highest BCUT2D eigenvalue weighted by Gasteiger charge is 2.14. The molecule has 0 saturated carbocycles. The molecule has 8 heavy (non-hydrogen) atoms. The summed E-state index contributed by atoms with van der Waals surface area (Å²) < 4.78 is 10.2. The molecule has 0 aromatic heterocycles. The molecular formula is C4H9O2PS. The Morgan fingerprint density at radius 2 is 2.62 bits per heavy atom. The number of rotatable bonds is 2. The van der Waals surface area contributed by atoms with E-state index in [1.54, 1.807) is 0 Å². The van der Waals surface area contributed by atoms with Crippen molar-refractivity contribution < 1.29 is 9.26 Å². The SMILES string of the molecule is SPO[C@H]1CCOC1. The molecule has 0 aromatic carbocycles. The standard InChI is InChI=1S/C4H9O2PS/c8-7-6-4-1-2-5-3-4/h4,7-8H,1-3H2/t4-/m0/s1. The van der Waals surface area contributed by atoms with Crippen molar-refractivity contribution in [2.45, 2.75) is 12.5 Å². The van der Waals surface area contributed by atoms with Gasteiger partial charge in [0.05, 0.1) is 20.7 Å². The smallest absolute Gasteiger partial charge is 0.0880 e. The van der Waals surface area contributed by atoms with Crippen molar-refractivity contribution in [1.29, 1.82) is 0 Å². The van der Waals surface area contributed by atoms with Crippen molar-refractivity contribution in [2.24, 2.45) is 0 Å². The fraction of sp³-hybridized carbons (Fsp3) is 1.00. The molecule has 0 aliphatic carbocycles. The van der Waals surface area contributed by atoms with E-state index in [0.717, 1.165) is 19.6 Å². The first-order chi connectivity index (χ1) is 3.93. The largest absolute Gasteiger partial charge is 0.379 e. The minimum absolute atomic E-state index is 0.306. The van der Waals surface area contributed by atoms with Crippen LogP contribution in [0.3, 0.4) is 0 Å². The van der Waals surface area contributed by atoms with Gasteiger partial charge in [-0.25, -0.2) is 0 Å². The van der Waals surface area contributed by atoms with Crippen LogP contribution in [0.4, 0.5) is 0 Å². The third-order valence-electron chi connectivity index (χ3n) is 1.11. The van der Waals surface area contributed by atoms with Gasteiger partial charge in [0.2, 0.25) is 0 Å². The fourth-order valence-electron chi connectivity index (χ4n) is 0.680. The molecule has 48 valence electrons. The number of hydrogen-bond acceptors (Lipinski definition) is 3. The Morgan fingerprint density at radius 1 is 1.75 bits per heavy atom.